The van der Waals surface area contributed by atoms with Gasteiger partial charge in [-0.3, -0.25) is 14.6 Å². The van der Waals surface area contributed by atoms with Crippen molar-refractivity contribution in [1.82, 2.24) is 20.2 Å². The first kappa shape index (κ1) is 20.7. The molecule has 1 fully saturated rings. The summed E-state index contributed by atoms with van der Waals surface area (Å²) in [4.78, 5) is 35.7. The minimum absolute atomic E-state index is 0.155. The van der Waals surface area contributed by atoms with Crippen molar-refractivity contribution in [3.8, 4) is 11.3 Å². The Bertz CT molecular complexity index is 1140. The largest absolute Gasteiger partial charge is 0.348 e. The number of pyridine rings is 2. The van der Waals surface area contributed by atoms with Crippen LogP contribution in [0, 0.1) is 0 Å². The van der Waals surface area contributed by atoms with Crippen LogP contribution in [0.15, 0.2) is 61.3 Å². The third-order valence-corrected chi connectivity index (χ3v) is 5.52. The number of carbonyl (C=O) groups excluding carboxylic acids is 2. The Hall–Kier alpha value is -3.58. The van der Waals surface area contributed by atoms with E-state index in [1.807, 2.05) is 30.3 Å². The van der Waals surface area contributed by atoms with Crippen molar-refractivity contribution in [3.63, 3.8) is 0 Å². The Kier molecular flexibility index (Phi) is 6.04. The summed E-state index contributed by atoms with van der Waals surface area (Å²) < 4.78 is 0. The fourth-order valence-electron chi connectivity index (χ4n) is 3.73. The molecule has 0 radical (unpaired) electrons. The van der Waals surface area contributed by atoms with E-state index in [1.165, 1.54) is 6.08 Å². The molecule has 1 aliphatic rings. The fourth-order valence-corrected chi connectivity index (χ4v) is 3.73. The van der Waals surface area contributed by atoms with Crippen LogP contribution in [-0.2, 0) is 4.79 Å². The standard InChI is InChI=1S/C24H25N5O2/c1-3-23(30)28-21-9-12-25-20-8-7-16(15-18(20)21)19-5-4-6-22(27-19)24(31)26-17-10-13-29(2)14-11-17/h3-9,12,15,17H,1,10-11,13-14H2,2H3,(H,26,31)(H,25,28,30). The topological polar surface area (TPSA) is 87.2 Å². The van der Waals surface area contributed by atoms with Gasteiger partial charge in [-0.15, -0.1) is 0 Å². The highest BCUT2D eigenvalue weighted by Crippen LogP contribution is 2.27. The Morgan fingerprint density at radius 1 is 1.16 bits per heavy atom. The number of hydrogen-bond donors (Lipinski definition) is 2. The Labute approximate surface area is 181 Å². The van der Waals surface area contributed by atoms with Crippen molar-refractivity contribution in [1.29, 1.82) is 0 Å². The number of benzene rings is 1. The van der Waals surface area contributed by atoms with Gasteiger partial charge in [-0.25, -0.2) is 4.98 Å². The van der Waals surface area contributed by atoms with Crippen molar-refractivity contribution in [2.75, 3.05) is 25.5 Å². The number of aromatic nitrogens is 2. The summed E-state index contributed by atoms with van der Waals surface area (Å²) in [7, 11) is 2.09. The van der Waals surface area contributed by atoms with Gasteiger partial charge in [-0.1, -0.05) is 18.7 Å². The van der Waals surface area contributed by atoms with E-state index >= 15 is 0 Å². The summed E-state index contributed by atoms with van der Waals surface area (Å²) in [6.07, 6.45) is 4.76. The number of likely N-dealkylation sites (tertiary alicyclic amines) is 1. The van der Waals surface area contributed by atoms with Crippen molar-refractivity contribution in [2.24, 2.45) is 0 Å². The Morgan fingerprint density at radius 3 is 2.74 bits per heavy atom. The molecule has 4 rings (SSSR count). The van der Waals surface area contributed by atoms with Gasteiger partial charge in [0, 0.05) is 23.2 Å². The highest BCUT2D eigenvalue weighted by Gasteiger charge is 2.20. The Balaban J connectivity index is 1.59. The molecule has 2 amide bonds. The van der Waals surface area contributed by atoms with Gasteiger partial charge < -0.3 is 15.5 Å². The zero-order valence-electron chi connectivity index (χ0n) is 17.5. The number of nitrogens with zero attached hydrogens (tertiary/aromatic N) is 3. The second-order valence-corrected chi connectivity index (χ2v) is 7.74. The van der Waals surface area contributed by atoms with Crippen LogP contribution in [0.5, 0.6) is 0 Å². The first-order valence-electron chi connectivity index (χ1n) is 10.3. The summed E-state index contributed by atoms with van der Waals surface area (Å²) in [6.45, 7) is 5.46. The zero-order valence-corrected chi connectivity index (χ0v) is 17.5. The van der Waals surface area contributed by atoms with Crippen molar-refractivity contribution in [3.05, 3.63) is 67.0 Å². The van der Waals surface area contributed by atoms with Crippen LogP contribution in [-0.4, -0.2) is 52.9 Å². The van der Waals surface area contributed by atoms with Gasteiger partial charge >= 0.3 is 0 Å². The third-order valence-electron chi connectivity index (χ3n) is 5.52. The maximum Gasteiger partial charge on any atom is 0.270 e. The molecule has 0 aliphatic carbocycles. The normalized spacial score (nSPS) is 14.9. The number of rotatable bonds is 5. The van der Waals surface area contributed by atoms with Gasteiger partial charge in [0.15, 0.2) is 0 Å². The van der Waals surface area contributed by atoms with E-state index in [1.54, 1.807) is 18.3 Å². The lowest BCUT2D eigenvalue weighted by atomic mass is 10.0. The number of fused-ring (bicyclic) bond motifs is 1. The molecule has 0 saturated carbocycles. The van der Waals surface area contributed by atoms with Crippen LogP contribution in [0.2, 0.25) is 0 Å². The van der Waals surface area contributed by atoms with Crippen LogP contribution in [0.1, 0.15) is 23.3 Å². The molecule has 158 valence electrons. The first-order valence-corrected chi connectivity index (χ1v) is 10.3. The number of nitrogens with one attached hydrogen (secondary N) is 2. The molecule has 0 spiro atoms. The second-order valence-electron chi connectivity index (χ2n) is 7.74. The van der Waals surface area contributed by atoms with Gasteiger partial charge in [0.05, 0.1) is 16.9 Å². The minimum Gasteiger partial charge on any atom is -0.348 e. The molecule has 7 heteroatoms. The number of amides is 2. The molecule has 1 saturated heterocycles. The lowest BCUT2D eigenvalue weighted by Gasteiger charge is -2.29. The van der Waals surface area contributed by atoms with Gasteiger partial charge in [0.1, 0.15) is 5.69 Å². The van der Waals surface area contributed by atoms with Crippen molar-refractivity contribution < 1.29 is 9.59 Å². The molecule has 1 aliphatic heterocycles. The molecule has 7 nitrogen and oxygen atoms in total. The van der Waals surface area contributed by atoms with Gasteiger partial charge in [0.25, 0.3) is 5.91 Å². The monoisotopic (exact) mass is 415 g/mol. The van der Waals surface area contributed by atoms with E-state index in [9.17, 15) is 9.59 Å². The number of hydrogen-bond acceptors (Lipinski definition) is 5. The Morgan fingerprint density at radius 2 is 1.97 bits per heavy atom. The number of carbonyl (C=O) groups is 2. The van der Waals surface area contributed by atoms with Crippen LogP contribution in [0.3, 0.4) is 0 Å². The van der Waals surface area contributed by atoms with Gasteiger partial charge in [0.2, 0.25) is 5.91 Å². The van der Waals surface area contributed by atoms with Gasteiger partial charge in [-0.2, -0.15) is 0 Å². The number of anilines is 1. The lowest BCUT2D eigenvalue weighted by molar-refractivity contribution is -0.111. The average Bonchev–Trinajstić information content (AvgIpc) is 2.80. The predicted molar refractivity (Wildman–Crippen MR) is 122 cm³/mol. The maximum atomic E-state index is 12.7. The maximum absolute atomic E-state index is 12.7. The van der Waals surface area contributed by atoms with Crippen molar-refractivity contribution >= 4 is 28.4 Å². The zero-order chi connectivity index (χ0) is 21.8. The van der Waals surface area contributed by atoms with E-state index in [2.05, 4.69) is 39.1 Å². The smallest absolute Gasteiger partial charge is 0.270 e. The summed E-state index contributed by atoms with van der Waals surface area (Å²) >= 11 is 0. The highest BCUT2D eigenvalue weighted by molar-refractivity contribution is 6.05. The molecule has 3 heterocycles. The molecule has 1 aromatic carbocycles. The van der Waals surface area contributed by atoms with Crippen LogP contribution in [0.4, 0.5) is 5.69 Å². The van der Waals surface area contributed by atoms with E-state index in [4.69, 9.17) is 0 Å². The van der Waals surface area contributed by atoms with Gasteiger partial charge in [-0.05, 0) is 69.4 Å². The first-order chi connectivity index (χ1) is 15.0. The third kappa shape index (κ3) is 4.78. The summed E-state index contributed by atoms with van der Waals surface area (Å²) in [5.74, 6) is -0.443. The fraction of sp³-hybridized carbons (Fsp3) is 0.250. The summed E-state index contributed by atoms with van der Waals surface area (Å²) in [6, 6.07) is 13.1. The number of piperidine rings is 1. The molecule has 31 heavy (non-hydrogen) atoms. The highest BCUT2D eigenvalue weighted by atomic mass is 16.2. The average molecular weight is 415 g/mol. The van der Waals surface area contributed by atoms with E-state index in [0.717, 1.165) is 42.4 Å². The second kappa shape index (κ2) is 9.06. The molecule has 2 aromatic heterocycles. The van der Waals surface area contributed by atoms with Crippen LogP contribution in [0.25, 0.3) is 22.2 Å². The van der Waals surface area contributed by atoms with Crippen LogP contribution >= 0.6 is 0 Å². The molecule has 0 atom stereocenters. The molecule has 3 aromatic rings. The lowest BCUT2D eigenvalue weighted by Crippen LogP contribution is -2.43. The van der Waals surface area contributed by atoms with Crippen LogP contribution < -0.4 is 10.6 Å². The molecular formula is C24H25N5O2. The van der Waals surface area contributed by atoms with E-state index in [-0.39, 0.29) is 17.9 Å². The molecule has 0 bridgehead atoms. The van der Waals surface area contributed by atoms with E-state index in [0.29, 0.717) is 17.1 Å². The quantitative estimate of drug-likeness (QED) is 0.625. The van der Waals surface area contributed by atoms with E-state index < -0.39 is 0 Å². The molecule has 2 N–H and O–H groups in total. The summed E-state index contributed by atoms with van der Waals surface area (Å²) in [5, 5.41) is 6.70. The summed E-state index contributed by atoms with van der Waals surface area (Å²) in [5.41, 5.74) is 3.31. The molecule has 0 unspecified atom stereocenters. The SMILES string of the molecule is C=CC(=O)Nc1ccnc2ccc(-c3cccc(C(=O)NC4CCN(C)CC4)n3)cc12. The molecular weight excluding hydrogens is 390 g/mol. The minimum atomic E-state index is -0.288. The van der Waals surface area contributed by atoms with Crippen molar-refractivity contribution in [2.45, 2.75) is 18.9 Å². The predicted octanol–water partition coefficient (Wildman–Crippen LogP) is 3.25.